The summed E-state index contributed by atoms with van der Waals surface area (Å²) in [4.78, 5) is 53.0. The van der Waals surface area contributed by atoms with Gasteiger partial charge in [-0.2, -0.15) is 12.6 Å². The number of rotatable bonds is 15. The van der Waals surface area contributed by atoms with Crippen LogP contribution in [0.1, 0.15) is 40.0 Å². The van der Waals surface area contributed by atoms with E-state index in [0.29, 0.717) is 6.42 Å². The first-order valence-electron chi connectivity index (χ1n) is 10.6. The van der Waals surface area contributed by atoms with Crippen molar-refractivity contribution in [1.82, 2.24) is 16.0 Å². The molecule has 190 valence electrons. The number of hydrogen-bond donors (Lipinski definition) is 9. The van der Waals surface area contributed by atoms with Gasteiger partial charge in [-0.3, -0.25) is 19.4 Å². The number of carboxylic acid groups (broad SMARTS) is 1. The lowest BCUT2D eigenvalue weighted by molar-refractivity contribution is -0.143. The Balaban J connectivity index is 5.36. The zero-order valence-corrected chi connectivity index (χ0v) is 20.0. The molecule has 0 heterocycles. The van der Waals surface area contributed by atoms with Gasteiger partial charge in [0.25, 0.3) is 0 Å². The summed E-state index contributed by atoms with van der Waals surface area (Å²) in [5.41, 5.74) is 16.1. The number of thiol groups is 1. The Kier molecular flexibility index (Phi) is 14.1. The molecule has 0 spiro atoms. The Bertz CT molecular complexity index is 702. The maximum Gasteiger partial charge on any atom is 0.326 e. The van der Waals surface area contributed by atoms with E-state index < -0.39 is 54.0 Å². The van der Waals surface area contributed by atoms with Crippen LogP contribution in [0.5, 0.6) is 0 Å². The number of aliphatic hydroxyl groups excluding tert-OH is 1. The van der Waals surface area contributed by atoms with E-state index >= 15 is 0 Å². The quantitative estimate of drug-likeness (QED) is 0.0499. The van der Waals surface area contributed by atoms with Crippen LogP contribution in [-0.2, 0) is 19.2 Å². The second-order valence-electron chi connectivity index (χ2n) is 7.74. The molecule has 0 saturated heterocycles. The minimum absolute atomic E-state index is 0.0193. The molecule has 13 nitrogen and oxygen atoms in total. The number of guanidine groups is 1. The van der Waals surface area contributed by atoms with Gasteiger partial charge in [-0.1, -0.05) is 20.3 Å². The molecule has 3 amide bonds. The Morgan fingerprint density at radius 3 is 2.00 bits per heavy atom. The molecular weight excluding hydrogens is 454 g/mol. The number of hydrogen-bond acceptors (Lipinski definition) is 8. The van der Waals surface area contributed by atoms with Gasteiger partial charge in [0, 0.05) is 12.3 Å². The number of aliphatic hydroxyl groups is 1. The summed E-state index contributed by atoms with van der Waals surface area (Å²) in [5.74, 6) is -3.88. The maximum atomic E-state index is 12.9. The number of aliphatic imine (C=N–C) groups is 1. The van der Waals surface area contributed by atoms with Gasteiger partial charge in [0.1, 0.15) is 18.1 Å². The third kappa shape index (κ3) is 11.2. The van der Waals surface area contributed by atoms with Gasteiger partial charge in [-0.05, 0) is 25.7 Å². The number of aliphatic carboxylic acids is 1. The Morgan fingerprint density at radius 2 is 1.55 bits per heavy atom. The molecule has 33 heavy (non-hydrogen) atoms. The minimum Gasteiger partial charge on any atom is -0.480 e. The number of nitrogens with zero attached hydrogens (tertiary/aromatic N) is 1. The van der Waals surface area contributed by atoms with Crippen LogP contribution in [0.2, 0.25) is 0 Å². The minimum atomic E-state index is -1.46. The van der Waals surface area contributed by atoms with Crippen molar-refractivity contribution in [1.29, 1.82) is 0 Å². The Hall–Kier alpha value is -2.58. The number of nitrogens with two attached hydrogens (primary N) is 3. The van der Waals surface area contributed by atoms with Crippen molar-refractivity contribution in [3.8, 4) is 0 Å². The third-order valence-corrected chi connectivity index (χ3v) is 5.34. The van der Waals surface area contributed by atoms with Crippen LogP contribution in [0.15, 0.2) is 4.99 Å². The van der Waals surface area contributed by atoms with Crippen molar-refractivity contribution in [3.63, 3.8) is 0 Å². The highest BCUT2D eigenvalue weighted by atomic mass is 32.1. The van der Waals surface area contributed by atoms with Gasteiger partial charge in [-0.25, -0.2) is 4.79 Å². The summed E-state index contributed by atoms with van der Waals surface area (Å²) in [6, 6.07) is -4.71. The predicted molar refractivity (Wildman–Crippen MR) is 126 cm³/mol. The summed E-state index contributed by atoms with van der Waals surface area (Å²) in [6.07, 6.45) is -0.533. The molecular formula is C19H37N7O6S. The lowest BCUT2D eigenvalue weighted by Crippen LogP contribution is -2.61. The monoisotopic (exact) mass is 491 g/mol. The average Bonchev–Trinajstić information content (AvgIpc) is 2.75. The standard InChI is InChI=1S/C19H37N7O6S/c1-4-9(2)13(25-15(28)11(20)8-33)16(29)26-14(10(3)27)17(30)24-12(18(31)32)6-5-7-23-19(21)22/h9-14,27,33H,4-8,20H2,1-3H3,(H,24,30)(H,25,28)(H,26,29)(H,31,32)(H4,21,22,23). The van der Waals surface area contributed by atoms with Gasteiger partial charge in [0.15, 0.2) is 5.96 Å². The van der Waals surface area contributed by atoms with Gasteiger partial charge >= 0.3 is 5.97 Å². The lowest BCUT2D eigenvalue weighted by atomic mass is 9.97. The smallest absolute Gasteiger partial charge is 0.326 e. The second-order valence-corrected chi connectivity index (χ2v) is 8.10. The van der Waals surface area contributed by atoms with Gasteiger partial charge < -0.3 is 43.4 Å². The molecule has 14 heteroatoms. The number of carboxylic acids is 1. The normalized spacial score (nSPS) is 16.3. The maximum absolute atomic E-state index is 12.9. The summed E-state index contributed by atoms with van der Waals surface area (Å²) in [6.45, 7) is 4.98. The zero-order chi connectivity index (χ0) is 25.7. The average molecular weight is 492 g/mol. The highest BCUT2D eigenvalue weighted by molar-refractivity contribution is 7.80. The first-order valence-corrected chi connectivity index (χ1v) is 11.2. The fourth-order valence-corrected chi connectivity index (χ4v) is 2.88. The summed E-state index contributed by atoms with van der Waals surface area (Å²) in [7, 11) is 0. The van der Waals surface area contributed by atoms with Crippen LogP contribution in [-0.4, -0.2) is 82.4 Å². The summed E-state index contributed by atoms with van der Waals surface area (Å²) >= 11 is 3.96. The highest BCUT2D eigenvalue weighted by Gasteiger charge is 2.34. The molecule has 0 aliphatic heterocycles. The van der Waals surface area contributed by atoms with E-state index in [4.69, 9.17) is 17.2 Å². The molecule has 0 aliphatic carbocycles. The highest BCUT2D eigenvalue weighted by Crippen LogP contribution is 2.10. The van der Waals surface area contributed by atoms with Gasteiger partial charge in [0.2, 0.25) is 17.7 Å². The van der Waals surface area contributed by atoms with Crippen LogP contribution >= 0.6 is 12.6 Å². The van der Waals surface area contributed by atoms with Crippen LogP contribution in [0.3, 0.4) is 0 Å². The molecule has 0 radical (unpaired) electrons. The van der Waals surface area contributed by atoms with E-state index in [-0.39, 0.29) is 37.0 Å². The van der Waals surface area contributed by atoms with E-state index in [1.54, 1.807) is 6.92 Å². The molecule has 0 fully saturated rings. The topological polar surface area (TPSA) is 235 Å². The second kappa shape index (κ2) is 15.3. The fourth-order valence-electron chi connectivity index (χ4n) is 2.72. The Morgan fingerprint density at radius 1 is 1.00 bits per heavy atom. The van der Waals surface area contributed by atoms with E-state index in [0.717, 1.165) is 0 Å². The largest absolute Gasteiger partial charge is 0.480 e. The van der Waals surface area contributed by atoms with E-state index in [2.05, 4.69) is 33.6 Å². The number of amides is 3. The van der Waals surface area contributed by atoms with Crippen LogP contribution in [0, 0.1) is 5.92 Å². The van der Waals surface area contributed by atoms with Crippen LogP contribution < -0.4 is 33.2 Å². The van der Waals surface area contributed by atoms with Crippen LogP contribution in [0.25, 0.3) is 0 Å². The molecule has 0 rings (SSSR count). The van der Waals surface area contributed by atoms with Crippen molar-refractivity contribution >= 4 is 42.3 Å². The molecule has 0 aromatic carbocycles. The van der Waals surface area contributed by atoms with Gasteiger partial charge in [0.05, 0.1) is 12.1 Å². The third-order valence-electron chi connectivity index (χ3n) is 4.95. The zero-order valence-electron chi connectivity index (χ0n) is 19.2. The van der Waals surface area contributed by atoms with Gasteiger partial charge in [-0.15, -0.1) is 0 Å². The summed E-state index contributed by atoms with van der Waals surface area (Å²) in [5, 5.41) is 26.7. The molecule has 0 aliphatic rings. The van der Waals surface area contributed by atoms with Crippen molar-refractivity contribution in [2.24, 2.45) is 28.1 Å². The van der Waals surface area contributed by atoms with Crippen molar-refractivity contribution in [3.05, 3.63) is 0 Å². The molecule has 11 N–H and O–H groups in total. The first kappa shape index (κ1) is 30.4. The van der Waals surface area contributed by atoms with Crippen molar-refractivity contribution in [2.45, 2.75) is 70.3 Å². The van der Waals surface area contributed by atoms with E-state index in [1.165, 1.54) is 6.92 Å². The molecule has 6 unspecified atom stereocenters. The predicted octanol–water partition coefficient (Wildman–Crippen LogP) is -2.74. The summed E-state index contributed by atoms with van der Waals surface area (Å²) < 4.78 is 0. The number of carbonyl (C=O) groups is 4. The molecule has 0 aromatic rings. The fraction of sp³-hybridized carbons (Fsp3) is 0.737. The van der Waals surface area contributed by atoms with Crippen LogP contribution in [0.4, 0.5) is 0 Å². The lowest BCUT2D eigenvalue weighted by Gasteiger charge is -2.28. The van der Waals surface area contributed by atoms with E-state index in [9.17, 15) is 29.4 Å². The van der Waals surface area contributed by atoms with Crippen molar-refractivity contribution < 1.29 is 29.4 Å². The molecule has 0 bridgehead atoms. The molecule has 6 atom stereocenters. The van der Waals surface area contributed by atoms with Crippen molar-refractivity contribution in [2.75, 3.05) is 12.3 Å². The number of carbonyl (C=O) groups excluding carboxylic acids is 3. The number of nitrogens with one attached hydrogen (secondary N) is 3. The molecule has 0 saturated carbocycles. The first-order chi connectivity index (χ1) is 15.3. The SMILES string of the molecule is CCC(C)C(NC(=O)C(N)CS)C(=O)NC(C(=O)NC(CCCN=C(N)N)C(=O)O)C(C)O. The Labute approximate surface area is 198 Å². The molecule has 0 aromatic heterocycles. The van der Waals surface area contributed by atoms with E-state index in [1.807, 2.05) is 6.92 Å².